The normalized spacial score (nSPS) is 10.5. The molecule has 106 valence electrons. The van der Waals surface area contributed by atoms with Gasteiger partial charge in [-0.15, -0.1) is 11.3 Å². The SMILES string of the molecule is Cc1nn2c(NC(=O)Nc3ccccc3)csc2nc1=O. The van der Waals surface area contributed by atoms with Crippen molar-refractivity contribution in [3.8, 4) is 0 Å². The molecule has 2 aromatic heterocycles. The molecule has 0 bridgehead atoms. The molecule has 0 spiro atoms. The second kappa shape index (κ2) is 5.33. The Morgan fingerprint density at radius 1 is 1.24 bits per heavy atom. The van der Waals surface area contributed by atoms with Crippen LogP contribution >= 0.6 is 11.3 Å². The van der Waals surface area contributed by atoms with Crippen molar-refractivity contribution in [1.29, 1.82) is 0 Å². The number of hydrogen-bond acceptors (Lipinski definition) is 5. The molecule has 0 radical (unpaired) electrons. The third-order valence-electron chi connectivity index (χ3n) is 2.72. The fourth-order valence-electron chi connectivity index (χ4n) is 1.72. The van der Waals surface area contributed by atoms with E-state index in [0.717, 1.165) is 0 Å². The van der Waals surface area contributed by atoms with E-state index in [2.05, 4.69) is 20.7 Å². The van der Waals surface area contributed by atoms with E-state index in [1.165, 1.54) is 15.9 Å². The third kappa shape index (κ3) is 2.75. The van der Waals surface area contributed by atoms with Crippen molar-refractivity contribution in [2.45, 2.75) is 6.92 Å². The highest BCUT2D eigenvalue weighted by Crippen LogP contribution is 2.17. The maximum absolute atomic E-state index is 11.9. The van der Waals surface area contributed by atoms with Crippen molar-refractivity contribution in [1.82, 2.24) is 14.6 Å². The third-order valence-corrected chi connectivity index (χ3v) is 3.53. The summed E-state index contributed by atoms with van der Waals surface area (Å²) in [5, 5.41) is 11.2. The van der Waals surface area contributed by atoms with Crippen LogP contribution < -0.4 is 16.2 Å². The summed E-state index contributed by atoms with van der Waals surface area (Å²) in [6.07, 6.45) is 0. The average molecular weight is 301 g/mol. The lowest BCUT2D eigenvalue weighted by Crippen LogP contribution is -2.22. The van der Waals surface area contributed by atoms with Gasteiger partial charge in [0, 0.05) is 11.1 Å². The number of urea groups is 1. The minimum Gasteiger partial charge on any atom is -0.308 e. The van der Waals surface area contributed by atoms with E-state index in [4.69, 9.17) is 0 Å². The summed E-state index contributed by atoms with van der Waals surface area (Å²) in [5.74, 6) is 0.457. The molecule has 21 heavy (non-hydrogen) atoms. The number of hydrogen-bond donors (Lipinski definition) is 2. The minimum atomic E-state index is -0.390. The number of carbonyl (C=O) groups excluding carboxylic acids is 1. The van der Waals surface area contributed by atoms with Gasteiger partial charge in [0.2, 0.25) is 4.96 Å². The fourth-order valence-corrected chi connectivity index (χ4v) is 2.48. The van der Waals surface area contributed by atoms with Gasteiger partial charge in [-0.1, -0.05) is 18.2 Å². The van der Waals surface area contributed by atoms with Gasteiger partial charge in [-0.3, -0.25) is 10.1 Å². The summed E-state index contributed by atoms with van der Waals surface area (Å²) in [5.41, 5.74) is 0.596. The molecule has 2 amide bonds. The van der Waals surface area contributed by atoms with Gasteiger partial charge in [-0.05, 0) is 19.1 Å². The number of benzene rings is 1. The van der Waals surface area contributed by atoms with Gasteiger partial charge in [0.05, 0.1) is 0 Å². The van der Waals surface area contributed by atoms with E-state index >= 15 is 0 Å². The average Bonchev–Trinajstić information content (AvgIpc) is 2.83. The summed E-state index contributed by atoms with van der Waals surface area (Å²) in [6, 6.07) is 8.70. The highest BCUT2D eigenvalue weighted by molar-refractivity contribution is 7.15. The summed E-state index contributed by atoms with van der Waals surface area (Å²) in [7, 11) is 0. The van der Waals surface area contributed by atoms with E-state index in [1.54, 1.807) is 24.4 Å². The van der Waals surface area contributed by atoms with E-state index < -0.39 is 0 Å². The topological polar surface area (TPSA) is 88.4 Å². The number of para-hydroxylation sites is 1. The van der Waals surface area contributed by atoms with Gasteiger partial charge in [-0.2, -0.15) is 14.6 Å². The van der Waals surface area contributed by atoms with Crippen molar-refractivity contribution < 1.29 is 4.79 Å². The number of anilines is 2. The molecule has 0 saturated carbocycles. The van der Waals surface area contributed by atoms with E-state index in [-0.39, 0.29) is 17.3 Å². The Bertz CT molecular complexity index is 856. The number of aromatic nitrogens is 3. The van der Waals surface area contributed by atoms with Gasteiger partial charge in [0.15, 0.2) is 0 Å². The van der Waals surface area contributed by atoms with Crippen LogP contribution in [0.3, 0.4) is 0 Å². The number of thiazole rings is 1. The minimum absolute atomic E-state index is 0.275. The highest BCUT2D eigenvalue weighted by Gasteiger charge is 2.10. The zero-order valence-corrected chi connectivity index (χ0v) is 11.8. The Morgan fingerprint density at radius 2 is 2.00 bits per heavy atom. The number of nitrogens with one attached hydrogen (secondary N) is 2. The Balaban J connectivity index is 1.83. The molecule has 0 saturated heterocycles. The van der Waals surface area contributed by atoms with Gasteiger partial charge < -0.3 is 5.32 Å². The van der Waals surface area contributed by atoms with Crippen molar-refractivity contribution in [2.75, 3.05) is 10.6 Å². The van der Waals surface area contributed by atoms with Crippen LogP contribution in [0.1, 0.15) is 5.69 Å². The molecule has 0 aliphatic heterocycles. The molecule has 2 heterocycles. The summed E-state index contributed by atoms with van der Waals surface area (Å²) in [4.78, 5) is 27.7. The predicted molar refractivity (Wildman–Crippen MR) is 81.0 cm³/mol. The first kappa shape index (κ1) is 13.3. The molecule has 8 heteroatoms. The molecule has 0 aliphatic rings. The molecule has 0 fully saturated rings. The number of rotatable bonds is 2. The molecule has 2 N–H and O–H groups in total. The van der Waals surface area contributed by atoms with Crippen LogP contribution in [0.5, 0.6) is 0 Å². The Morgan fingerprint density at radius 3 is 2.76 bits per heavy atom. The van der Waals surface area contributed by atoms with Crippen LogP contribution in [0.4, 0.5) is 16.3 Å². The number of aryl methyl sites for hydroxylation is 1. The first-order valence-electron chi connectivity index (χ1n) is 6.12. The molecule has 0 aliphatic carbocycles. The van der Waals surface area contributed by atoms with Crippen LogP contribution in [0, 0.1) is 6.92 Å². The summed E-state index contributed by atoms with van der Waals surface area (Å²) < 4.78 is 1.44. The maximum Gasteiger partial charge on any atom is 0.324 e. The number of amides is 2. The van der Waals surface area contributed by atoms with Gasteiger partial charge in [0.1, 0.15) is 11.5 Å². The lowest BCUT2D eigenvalue weighted by atomic mass is 10.3. The molecule has 3 aromatic rings. The number of carbonyl (C=O) groups is 1. The molecule has 1 aromatic carbocycles. The second-order valence-corrected chi connectivity index (χ2v) is 5.10. The fraction of sp³-hybridized carbons (Fsp3) is 0.0769. The van der Waals surface area contributed by atoms with E-state index in [1.807, 2.05) is 18.2 Å². The summed E-state index contributed by atoms with van der Waals surface area (Å²) >= 11 is 1.23. The van der Waals surface area contributed by atoms with Crippen LogP contribution in [0.15, 0.2) is 40.5 Å². The molecule has 7 nitrogen and oxygen atoms in total. The molecular weight excluding hydrogens is 290 g/mol. The summed E-state index contributed by atoms with van der Waals surface area (Å²) in [6.45, 7) is 1.58. The second-order valence-electron chi connectivity index (χ2n) is 4.26. The standard InChI is InChI=1S/C13H11N5O2S/c1-8-11(19)16-13-18(17-8)10(7-21-13)15-12(20)14-9-5-3-2-4-6-9/h2-7H,1H3,(H2,14,15,20). The van der Waals surface area contributed by atoms with Gasteiger partial charge in [-0.25, -0.2) is 4.79 Å². The number of fused-ring (bicyclic) bond motifs is 1. The van der Waals surface area contributed by atoms with Gasteiger partial charge in [0.25, 0.3) is 5.56 Å². The highest BCUT2D eigenvalue weighted by atomic mass is 32.1. The van der Waals surface area contributed by atoms with Crippen molar-refractivity contribution >= 4 is 33.8 Å². The first-order valence-corrected chi connectivity index (χ1v) is 7.00. The van der Waals surface area contributed by atoms with Crippen LogP contribution in [0.25, 0.3) is 4.96 Å². The largest absolute Gasteiger partial charge is 0.324 e. The predicted octanol–water partition coefficient (Wildman–Crippen LogP) is 2.10. The Kier molecular flexibility index (Phi) is 3.36. The maximum atomic E-state index is 11.9. The van der Waals surface area contributed by atoms with Crippen LogP contribution in [-0.2, 0) is 0 Å². The Hall–Kier alpha value is -2.74. The van der Waals surface area contributed by atoms with Crippen molar-refractivity contribution in [3.05, 3.63) is 51.8 Å². The number of nitrogens with zero attached hydrogens (tertiary/aromatic N) is 3. The lowest BCUT2D eigenvalue weighted by molar-refractivity contribution is 0.262. The Labute approximate surface area is 123 Å². The monoisotopic (exact) mass is 301 g/mol. The first-order chi connectivity index (χ1) is 10.1. The van der Waals surface area contributed by atoms with Crippen molar-refractivity contribution in [2.24, 2.45) is 0 Å². The molecular formula is C13H11N5O2S. The smallest absolute Gasteiger partial charge is 0.308 e. The van der Waals surface area contributed by atoms with Crippen molar-refractivity contribution in [3.63, 3.8) is 0 Å². The molecule has 0 unspecified atom stereocenters. The van der Waals surface area contributed by atoms with E-state index in [9.17, 15) is 9.59 Å². The van der Waals surface area contributed by atoms with Gasteiger partial charge >= 0.3 is 6.03 Å². The zero-order chi connectivity index (χ0) is 14.8. The zero-order valence-electron chi connectivity index (χ0n) is 11.0. The van der Waals surface area contributed by atoms with E-state index in [0.29, 0.717) is 16.5 Å². The molecule has 3 rings (SSSR count). The molecule has 0 atom stereocenters. The quantitative estimate of drug-likeness (QED) is 0.758. The van der Waals surface area contributed by atoms with Crippen LogP contribution in [-0.4, -0.2) is 20.6 Å². The lowest BCUT2D eigenvalue weighted by Gasteiger charge is -2.06. The van der Waals surface area contributed by atoms with Crippen LogP contribution in [0.2, 0.25) is 0 Å².